The first-order valence-corrected chi connectivity index (χ1v) is 5.70. The van der Waals surface area contributed by atoms with E-state index in [-0.39, 0.29) is 0 Å². The van der Waals surface area contributed by atoms with Crippen LogP contribution < -0.4 is 4.85 Å². The van der Waals surface area contributed by atoms with Gasteiger partial charge in [-0.3, -0.25) is 0 Å². The second kappa shape index (κ2) is 3.40. The van der Waals surface area contributed by atoms with Gasteiger partial charge in [-0.15, -0.1) is 0 Å². The third-order valence-electron chi connectivity index (χ3n) is 3.17. The van der Waals surface area contributed by atoms with Crippen molar-refractivity contribution in [1.82, 2.24) is 10.1 Å². The lowest BCUT2D eigenvalue weighted by atomic mass is 10.1. The van der Waals surface area contributed by atoms with Crippen molar-refractivity contribution in [2.24, 2.45) is 0 Å². The maximum Gasteiger partial charge on any atom is 0.270 e. The Morgan fingerprint density at radius 2 is 2.06 bits per heavy atom. The summed E-state index contributed by atoms with van der Waals surface area (Å²) in [5, 5.41) is 15.6. The Balaban J connectivity index is 2.31. The first kappa shape index (κ1) is 9.51. The van der Waals surface area contributed by atoms with Gasteiger partial charge in [-0.1, -0.05) is 6.92 Å². The molecule has 0 aliphatic heterocycles. The van der Waals surface area contributed by atoms with Crippen molar-refractivity contribution in [3.8, 4) is 0 Å². The van der Waals surface area contributed by atoms with Gasteiger partial charge in [0.1, 0.15) is 5.52 Å². The Morgan fingerprint density at radius 3 is 2.81 bits per heavy atom. The van der Waals surface area contributed by atoms with Crippen LogP contribution in [0, 0.1) is 5.21 Å². The van der Waals surface area contributed by atoms with Gasteiger partial charge in [0.05, 0.1) is 0 Å². The number of aryl methyl sites for hydroxylation is 3. The molecule has 0 fully saturated rings. The van der Waals surface area contributed by atoms with E-state index in [1.54, 1.807) is 0 Å². The van der Waals surface area contributed by atoms with E-state index in [0.29, 0.717) is 22.6 Å². The highest BCUT2D eigenvalue weighted by molar-refractivity contribution is 5.73. The van der Waals surface area contributed by atoms with Crippen LogP contribution in [0.3, 0.4) is 0 Å². The standard InChI is InChI=1S/C12H13N3O/c1-2-12-13-10-6-8-4-3-5-9(8)7-11(10)15(16)14-12/h6-7H,2-5H2,1H3. The summed E-state index contributed by atoms with van der Waals surface area (Å²) >= 11 is 0. The molecule has 3 rings (SSSR count). The van der Waals surface area contributed by atoms with Gasteiger partial charge >= 0.3 is 0 Å². The van der Waals surface area contributed by atoms with Crippen molar-refractivity contribution < 1.29 is 4.85 Å². The van der Waals surface area contributed by atoms with E-state index < -0.39 is 0 Å². The minimum absolute atomic E-state index is 0.595. The smallest absolute Gasteiger partial charge is 0.270 e. The van der Waals surface area contributed by atoms with Crippen LogP contribution in [0.25, 0.3) is 11.0 Å². The number of nitrogens with zero attached hydrogens (tertiary/aromatic N) is 3. The molecule has 0 unspecified atom stereocenters. The number of hydrogen-bond donors (Lipinski definition) is 0. The van der Waals surface area contributed by atoms with E-state index >= 15 is 0 Å². The molecule has 1 heterocycles. The normalized spacial score (nSPS) is 14.3. The predicted octanol–water partition coefficient (Wildman–Crippen LogP) is 1.31. The van der Waals surface area contributed by atoms with E-state index in [4.69, 9.17) is 0 Å². The maximum atomic E-state index is 11.7. The second-order valence-electron chi connectivity index (χ2n) is 4.22. The molecule has 1 aliphatic rings. The molecule has 4 nitrogen and oxygen atoms in total. The number of hydrogen-bond acceptors (Lipinski definition) is 3. The van der Waals surface area contributed by atoms with Crippen molar-refractivity contribution in [3.63, 3.8) is 0 Å². The molecule has 0 atom stereocenters. The predicted molar refractivity (Wildman–Crippen MR) is 59.9 cm³/mol. The van der Waals surface area contributed by atoms with Crippen LogP contribution in [0.4, 0.5) is 0 Å². The van der Waals surface area contributed by atoms with Gasteiger partial charge in [0.25, 0.3) is 5.52 Å². The van der Waals surface area contributed by atoms with Crippen LogP contribution in [0.15, 0.2) is 12.1 Å². The van der Waals surface area contributed by atoms with Gasteiger partial charge in [-0.2, -0.15) is 0 Å². The molecular weight excluding hydrogens is 202 g/mol. The molecule has 0 bridgehead atoms. The molecule has 2 aromatic rings. The molecule has 0 saturated carbocycles. The number of fused-ring (bicyclic) bond motifs is 2. The van der Waals surface area contributed by atoms with Crippen molar-refractivity contribution >= 4 is 11.0 Å². The minimum Gasteiger partial charge on any atom is -0.594 e. The average Bonchev–Trinajstić information content (AvgIpc) is 2.73. The Hall–Kier alpha value is -1.71. The second-order valence-corrected chi connectivity index (χ2v) is 4.22. The highest BCUT2D eigenvalue weighted by Gasteiger charge is 2.17. The van der Waals surface area contributed by atoms with E-state index in [0.717, 1.165) is 18.4 Å². The van der Waals surface area contributed by atoms with Crippen molar-refractivity contribution in [2.45, 2.75) is 32.6 Å². The number of aromatic nitrogens is 3. The highest BCUT2D eigenvalue weighted by Crippen LogP contribution is 2.24. The van der Waals surface area contributed by atoms with Crippen molar-refractivity contribution in [3.05, 3.63) is 34.3 Å². The zero-order valence-electron chi connectivity index (χ0n) is 9.23. The zero-order chi connectivity index (χ0) is 11.1. The molecule has 1 aliphatic carbocycles. The van der Waals surface area contributed by atoms with Gasteiger partial charge in [0, 0.05) is 17.6 Å². The SMILES string of the molecule is CCc1nc2cc3c(cc2[n+]([O-])n1)CCC3. The largest absolute Gasteiger partial charge is 0.594 e. The Labute approximate surface area is 93.5 Å². The average molecular weight is 215 g/mol. The van der Waals surface area contributed by atoms with E-state index in [1.165, 1.54) is 17.5 Å². The van der Waals surface area contributed by atoms with Crippen LogP contribution in [-0.2, 0) is 19.3 Å². The summed E-state index contributed by atoms with van der Waals surface area (Å²) < 4.78 is 0. The summed E-state index contributed by atoms with van der Waals surface area (Å²) in [6.45, 7) is 1.95. The summed E-state index contributed by atoms with van der Waals surface area (Å²) in [6, 6.07) is 4.00. The molecule has 0 amide bonds. The first-order valence-electron chi connectivity index (χ1n) is 5.70. The zero-order valence-corrected chi connectivity index (χ0v) is 9.23. The van der Waals surface area contributed by atoms with Crippen LogP contribution in [0.1, 0.15) is 30.3 Å². The summed E-state index contributed by atoms with van der Waals surface area (Å²) in [7, 11) is 0. The van der Waals surface area contributed by atoms with E-state index in [1.807, 2.05) is 19.1 Å². The lowest BCUT2D eigenvalue weighted by Crippen LogP contribution is -2.34. The third-order valence-corrected chi connectivity index (χ3v) is 3.17. The fourth-order valence-corrected chi connectivity index (χ4v) is 2.31. The van der Waals surface area contributed by atoms with Gasteiger partial charge in [0.15, 0.2) is 5.82 Å². The molecule has 0 saturated heterocycles. The van der Waals surface area contributed by atoms with Crippen LogP contribution in [-0.4, -0.2) is 10.1 Å². The third kappa shape index (κ3) is 1.33. The minimum atomic E-state index is 0.595. The van der Waals surface area contributed by atoms with Gasteiger partial charge in [0.2, 0.25) is 0 Å². The van der Waals surface area contributed by atoms with Crippen molar-refractivity contribution in [1.29, 1.82) is 0 Å². The monoisotopic (exact) mass is 215 g/mol. The molecule has 0 radical (unpaired) electrons. The van der Waals surface area contributed by atoms with Crippen molar-refractivity contribution in [2.75, 3.05) is 0 Å². The van der Waals surface area contributed by atoms with E-state index in [2.05, 4.69) is 10.1 Å². The molecule has 1 aromatic carbocycles. The van der Waals surface area contributed by atoms with E-state index in [9.17, 15) is 5.21 Å². The molecule has 4 heteroatoms. The van der Waals surface area contributed by atoms with Crippen LogP contribution in [0.5, 0.6) is 0 Å². The Morgan fingerprint density at radius 1 is 1.31 bits per heavy atom. The summed E-state index contributed by atoms with van der Waals surface area (Å²) in [6.07, 6.45) is 4.05. The molecule has 16 heavy (non-hydrogen) atoms. The quantitative estimate of drug-likeness (QED) is 0.532. The maximum absolute atomic E-state index is 11.7. The summed E-state index contributed by atoms with van der Waals surface area (Å²) in [5.74, 6) is 0.612. The lowest BCUT2D eigenvalue weighted by molar-refractivity contribution is -0.644. The molecule has 1 aromatic heterocycles. The first-order chi connectivity index (χ1) is 7.78. The highest BCUT2D eigenvalue weighted by atomic mass is 16.5. The number of rotatable bonds is 1. The summed E-state index contributed by atoms with van der Waals surface area (Å²) in [5.41, 5.74) is 4.00. The van der Waals surface area contributed by atoms with Gasteiger partial charge in [-0.05, 0) is 41.3 Å². The molecule has 0 spiro atoms. The molecule has 0 N–H and O–H groups in total. The fourth-order valence-electron chi connectivity index (χ4n) is 2.31. The van der Waals surface area contributed by atoms with Gasteiger partial charge < -0.3 is 5.21 Å². The van der Waals surface area contributed by atoms with Crippen LogP contribution >= 0.6 is 0 Å². The van der Waals surface area contributed by atoms with Gasteiger partial charge in [-0.25, -0.2) is 4.98 Å². The topological polar surface area (TPSA) is 52.7 Å². The molecular formula is C12H13N3O. The molecule has 82 valence electrons. The fraction of sp³-hybridized carbons (Fsp3) is 0.417. The Kier molecular flexibility index (Phi) is 2.02. The Bertz CT molecular complexity index is 566. The summed E-state index contributed by atoms with van der Waals surface area (Å²) in [4.78, 5) is 5.11. The number of benzene rings is 1. The lowest BCUT2D eigenvalue weighted by Gasteiger charge is -2.03. The van der Waals surface area contributed by atoms with Crippen LogP contribution in [0.2, 0.25) is 0 Å².